The lowest BCUT2D eigenvalue weighted by molar-refractivity contribution is 0.0971. The third kappa shape index (κ3) is 3.02. The van der Waals surface area contributed by atoms with Gasteiger partial charge in [-0.3, -0.25) is 14.4 Å². The van der Waals surface area contributed by atoms with Crippen molar-refractivity contribution in [2.45, 2.75) is 32.6 Å². The van der Waals surface area contributed by atoms with Crippen molar-refractivity contribution in [3.63, 3.8) is 0 Å². The van der Waals surface area contributed by atoms with Crippen LogP contribution in [0.15, 0.2) is 34.4 Å². The predicted molar refractivity (Wildman–Crippen MR) is 112 cm³/mol. The number of nitrogens with one attached hydrogen (secondary N) is 1. The van der Waals surface area contributed by atoms with Crippen molar-refractivity contribution in [1.82, 2.24) is 9.97 Å². The number of ketones is 1. The quantitative estimate of drug-likeness (QED) is 0.707. The summed E-state index contributed by atoms with van der Waals surface area (Å²) >= 11 is 1.61. The van der Waals surface area contributed by atoms with Crippen LogP contribution in [0.3, 0.4) is 0 Å². The second-order valence-corrected chi connectivity index (χ2v) is 8.55. The summed E-state index contributed by atoms with van der Waals surface area (Å²) in [5.41, 5.74) is 4.57. The van der Waals surface area contributed by atoms with Crippen LogP contribution in [0.2, 0.25) is 0 Å². The molecule has 0 atom stereocenters. The van der Waals surface area contributed by atoms with Gasteiger partial charge in [0.25, 0.3) is 11.5 Å². The van der Waals surface area contributed by atoms with Crippen molar-refractivity contribution in [2.24, 2.45) is 0 Å². The largest absolute Gasteiger partial charge is 0.325 e. The van der Waals surface area contributed by atoms with Crippen LogP contribution >= 0.6 is 11.3 Å². The Morgan fingerprint density at radius 1 is 1.17 bits per heavy atom. The van der Waals surface area contributed by atoms with E-state index in [9.17, 15) is 14.4 Å². The number of aryl methyl sites for hydroxylation is 2. The smallest absolute Gasteiger partial charge is 0.263 e. The first kappa shape index (κ1) is 18.0. The van der Waals surface area contributed by atoms with E-state index < -0.39 is 5.56 Å². The van der Waals surface area contributed by atoms with Gasteiger partial charge >= 0.3 is 0 Å². The van der Waals surface area contributed by atoms with Gasteiger partial charge in [0.1, 0.15) is 5.56 Å². The molecular weight excluding hydrogens is 386 g/mol. The molecule has 3 aromatic rings. The highest BCUT2D eigenvalue weighted by molar-refractivity contribution is 7.09. The molecule has 2 aromatic heterocycles. The zero-order valence-corrected chi connectivity index (χ0v) is 16.8. The second kappa shape index (κ2) is 6.77. The van der Waals surface area contributed by atoms with E-state index >= 15 is 0 Å². The Kier molecular flexibility index (Phi) is 4.20. The Balaban J connectivity index is 1.49. The summed E-state index contributed by atoms with van der Waals surface area (Å²) in [7, 11) is 0. The number of benzene rings is 1. The number of carbonyl (C=O) groups excluding carboxylic acids is 2. The summed E-state index contributed by atoms with van der Waals surface area (Å²) in [5, 5.41) is 3.04. The molecule has 1 amide bonds. The van der Waals surface area contributed by atoms with Gasteiger partial charge in [-0.1, -0.05) is 6.07 Å². The number of anilines is 1. The van der Waals surface area contributed by atoms with Gasteiger partial charge in [0, 0.05) is 40.9 Å². The molecule has 0 saturated heterocycles. The van der Waals surface area contributed by atoms with Gasteiger partial charge in [-0.2, -0.15) is 0 Å². The molecule has 0 radical (unpaired) electrons. The summed E-state index contributed by atoms with van der Waals surface area (Å²) in [6.07, 6.45) is 2.57. The number of hydrogen-bond acceptors (Lipinski definition) is 5. The maximum absolute atomic E-state index is 13.2. The number of H-pyrrole nitrogens is 1. The number of thiazole rings is 1. The van der Waals surface area contributed by atoms with Gasteiger partial charge in [-0.05, 0) is 49.9 Å². The van der Waals surface area contributed by atoms with Crippen molar-refractivity contribution >= 4 is 28.7 Å². The summed E-state index contributed by atoms with van der Waals surface area (Å²) in [4.78, 5) is 46.8. The molecule has 6 nitrogen and oxygen atoms in total. The minimum absolute atomic E-state index is 0.0124. The number of hydrogen-bond donors (Lipinski definition) is 1. The van der Waals surface area contributed by atoms with Crippen LogP contribution in [0.25, 0.3) is 11.3 Å². The molecule has 3 heterocycles. The number of nitrogens with zero attached hydrogens (tertiary/aromatic N) is 2. The SMILES string of the molecule is Cc1nc(-c2ccc3c(c2)CCN3C(=O)c2cc3c([nH]c2=O)CCCC3=O)cs1. The predicted octanol–water partition coefficient (Wildman–Crippen LogP) is 3.53. The molecule has 1 aliphatic heterocycles. The van der Waals surface area contributed by atoms with Gasteiger partial charge in [0.05, 0.1) is 10.7 Å². The average molecular weight is 405 g/mol. The minimum Gasteiger partial charge on any atom is -0.325 e. The third-order valence-electron chi connectivity index (χ3n) is 5.62. The highest BCUT2D eigenvalue weighted by Gasteiger charge is 2.29. The number of Topliss-reactive ketones (excluding diaryl/α,β-unsaturated/α-hetero) is 1. The normalized spacial score (nSPS) is 15.3. The zero-order chi connectivity index (χ0) is 20.1. The molecule has 5 rings (SSSR count). The van der Waals surface area contributed by atoms with E-state index in [4.69, 9.17) is 0 Å². The molecule has 0 fully saturated rings. The number of amides is 1. The number of carbonyl (C=O) groups is 2. The molecule has 2 aliphatic rings. The highest BCUT2D eigenvalue weighted by atomic mass is 32.1. The number of aromatic nitrogens is 2. The number of aromatic amines is 1. The van der Waals surface area contributed by atoms with Crippen LogP contribution in [0.1, 0.15) is 49.8 Å². The first-order valence-corrected chi connectivity index (χ1v) is 10.6. The molecule has 1 N–H and O–H groups in total. The third-order valence-corrected chi connectivity index (χ3v) is 6.39. The van der Waals surface area contributed by atoms with E-state index in [1.165, 1.54) is 6.07 Å². The van der Waals surface area contributed by atoms with Gasteiger partial charge < -0.3 is 9.88 Å². The molecule has 0 saturated carbocycles. The maximum Gasteiger partial charge on any atom is 0.263 e. The molecule has 1 aromatic carbocycles. The fourth-order valence-electron chi connectivity index (χ4n) is 4.15. The molecule has 146 valence electrons. The van der Waals surface area contributed by atoms with Crippen LogP contribution in [0, 0.1) is 6.92 Å². The van der Waals surface area contributed by atoms with Gasteiger partial charge in [0.2, 0.25) is 0 Å². The fourth-order valence-corrected chi connectivity index (χ4v) is 4.77. The van der Waals surface area contributed by atoms with Crippen molar-refractivity contribution in [2.75, 3.05) is 11.4 Å². The van der Waals surface area contributed by atoms with E-state index in [1.54, 1.807) is 16.2 Å². The van der Waals surface area contributed by atoms with Gasteiger partial charge in [0.15, 0.2) is 5.78 Å². The molecule has 0 unspecified atom stereocenters. The Labute approximate surface area is 171 Å². The molecule has 0 bridgehead atoms. The van der Waals surface area contributed by atoms with Gasteiger partial charge in [-0.25, -0.2) is 4.98 Å². The Morgan fingerprint density at radius 2 is 2.03 bits per heavy atom. The molecule has 0 spiro atoms. The summed E-state index contributed by atoms with van der Waals surface area (Å²) in [5.74, 6) is -0.370. The van der Waals surface area contributed by atoms with E-state index in [2.05, 4.69) is 16.0 Å². The summed E-state index contributed by atoms with van der Waals surface area (Å²) < 4.78 is 0. The van der Waals surface area contributed by atoms with Crippen LogP contribution in [0.5, 0.6) is 0 Å². The molecule has 29 heavy (non-hydrogen) atoms. The standard InChI is InChI=1S/C22H19N3O3S/c1-12-23-18(11-29-12)13-5-6-19-14(9-13)7-8-25(19)22(28)16-10-15-17(24-21(16)27)3-2-4-20(15)26/h5-6,9-11H,2-4,7-8H2,1H3,(H,24,27). The zero-order valence-electron chi connectivity index (χ0n) is 15.9. The first-order valence-electron chi connectivity index (χ1n) is 9.68. The Hall–Kier alpha value is -3.06. The average Bonchev–Trinajstić information content (AvgIpc) is 3.33. The number of fused-ring (bicyclic) bond motifs is 2. The van der Waals surface area contributed by atoms with Crippen LogP contribution in [0.4, 0.5) is 5.69 Å². The summed E-state index contributed by atoms with van der Waals surface area (Å²) in [6.45, 7) is 2.49. The van der Waals surface area contributed by atoms with Crippen LogP contribution < -0.4 is 10.5 Å². The monoisotopic (exact) mass is 405 g/mol. The van der Waals surface area contributed by atoms with Crippen molar-refractivity contribution in [3.05, 3.63) is 67.4 Å². The first-order chi connectivity index (χ1) is 14.0. The van der Waals surface area contributed by atoms with E-state index in [0.717, 1.165) is 40.4 Å². The highest BCUT2D eigenvalue weighted by Crippen LogP contribution is 2.33. The molecule has 7 heteroatoms. The van der Waals surface area contributed by atoms with E-state index in [1.807, 2.05) is 24.4 Å². The lowest BCUT2D eigenvalue weighted by Crippen LogP contribution is -2.34. The lowest BCUT2D eigenvalue weighted by atomic mass is 9.93. The lowest BCUT2D eigenvalue weighted by Gasteiger charge is -2.19. The Bertz CT molecular complexity index is 1220. The van der Waals surface area contributed by atoms with Crippen molar-refractivity contribution in [1.29, 1.82) is 0 Å². The van der Waals surface area contributed by atoms with Crippen LogP contribution in [-0.2, 0) is 12.8 Å². The molecule has 1 aliphatic carbocycles. The van der Waals surface area contributed by atoms with Crippen LogP contribution in [-0.4, -0.2) is 28.2 Å². The number of pyridine rings is 1. The second-order valence-electron chi connectivity index (χ2n) is 7.48. The van der Waals surface area contributed by atoms with E-state index in [0.29, 0.717) is 30.6 Å². The molecular formula is C22H19N3O3S. The Morgan fingerprint density at radius 3 is 2.83 bits per heavy atom. The minimum atomic E-state index is -0.425. The van der Waals surface area contributed by atoms with Crippen molar-refractivity contribution in [3.8, 4) is 11.3 Å². The van der Waals surface area contributed by atoms with Crippen molar-refractivity contribution < 1.29 is 9.59 Å². The summed E-state index contributed by atoms with van der Waals surface area (Å²) in [6, 6.07) is 7.43. The topological polar surface area (TPSA) is 83.1 Å². The maximum atomic E-state index is 13.2. The van der Waals surface area contributed by atoms with E-state index in [-0.39, 0.29) is 17.3 Å². The number of rotatable bonds is 2. The fraction of sp³-hybridized carbons (Fsp3) is 0.273. The van der Waals surface area contributed by atoms with Gasteiger partial charge in [-0.15, -0.1) is 11.3 Å².